The summed E-state index contributed by atoms with van der Waals surface area (Å²) in [6, 6.07) is 134. The minimum atomic E-state index is -0.253. The van der Waals surface area contributed by atoms with Crippen LogP contribution >= 0.6 is 0 Å². The predicted molar refractivity (Wildman–Crippen MR) is 413 cm³/mol. The van der Waals surface area contributed by atoms with Gasteiger partial charge in [0.25, 0.3) is 6.71 Å². The molecule has 2 aliphatic heterocycles. The molecule has 0 amide bonds. The second kappa shape index (κ2) is 22.3. The van der Waals surface area contributed by atoms with Crippen LogP contribution in [0.15, 0.2) is 364 Å². The molecule has 15 aromatic carbocycles. The van der Waals surface area contributed by atoms with E-state index >= 15 is 0 Å². The van der Waals surface area contributed by atoms with Gasteiger partial charge in [0.15, 0.2) is 0 Å². The summed E-state index contributed by atoms with van der Waals surface area (Å²) in [7, 11) is 0. The maximum atomic E-state index is 2.62. The summed E-state index contributed by atoms with van der Waals surface area (Å²) in [5.41, 5.74) is 26.8. The van der Waals surface area contributed by atoms with Gasteiger partial charge in [-0.3, -0.25) is 0 Å². The Labute approximate surface area is 567 Å². The normalized spacial score (nSPS) is 12.4. The van der Waals surface area contributed by atoms with Crippen molar-refractivity contribution in [2.45, 2.75) is 0 Å². The first-order chi connectivity index (χ1) is 48.7. The van der Waals surface area contributed by atoms with Gasteiger partial charge < -0.3 is 33.3 Å². The molecule has 3 aromatic heterocycles. The molecule has 20 rings (SSSR count). The second-order valence-corrected chi connectivity index (χ2v) is 25.6. The van der Waals surface area contributed by atoms with E-state index in [9.17, 15) is 0 Å². The molecule has 0 bridgehead atoms. The Bertz CT molecular complexity index is 5970. The molecular weight excluding hydrogens is 1190 g/mol. The zero-order valence-corrected chi connectivity index (χ0v) is 53.3. The van der Waals surface area contributed by atoms with Crippen molar-refractivity contribution < 1.29 is 0 Å². The number of hydrogen-bond donors (Lipinski definition) is 0. The number of anilines is 12. The molecule has 8 heteroatoms. The smallest absolute Gasteiger partial charge is 0.252 e. The number of para-hydroxylation sites is 11. The van der Waals surface area contributed by atoms with Gasteiger partial charge in [-0.1, -0.05) is 206 Å². The zero-order valence-electron chi connectivity index (χ0n) is 53.3. The summed E-state index contributed by atoms with van der Waals surface area (Å²) in [6.45, 7) is -0.253. The van der Waals surface area contributed by atoms with E-state index in [-0.39, 0.29) is 6.71 Å². The Morgan fingerprint density at radius 1 is 0.214 bits per heavy atom. The molecule has 0 radical (unpaired) electrons. The van der Waals surface area contributed by atoms with E-state index in [4.69, 9.17) is 0 Å². The number of hydrogen-bond acceptors (Lipinski definition) is 4. The Kier molecular flexibility index (Phi) is 12.6. The second-order valence-electron chi connectivity index (χ2n) is 25.6. The average molecular weight is 1250 g/mol. The van der Waals surface area contributed by atoms with Gasteiger partial charge in [-0.2, -0.15) is 0 Å². The van der Waals surface area contributed by atoms with Crippen molar-refractivity contribution in [2.24, 2.45) is 0 Å². The summed E-state index contributed by atoms with van der Waals surface area (Å²) in [5, 5.41) is 7.22. The van der Waals surface area contributed by atoms with Crippen molar-refractivity contribution in [1.29, 1.82) is 0 Å². The van der Waals surface area contributed by atoms with Gasteiger partial charge in [-0.15, -0.1) is 0 Å². The summed E-state index contributed by atoms with van der Waals surface area (Å²) in [4.78, 5) is 9.90. The quantitative estimate of drug-likeness (QED) is 0.121. The minimum absolute atomic E-state index is 0.253. The highest BCUT2D eigenvalue weighted by molar-refractivity contribution is 7.00. The molecule has 0 fully saturated rings. The molecule has 0 saturated heterocycles. The monoisotopic (exact) mass is 1250 g/mol. The Balaban J connectivity index is 0.935. The van der Waals surface area contributed by atoms with E-state index in [1.807, 2.05) is 0 Å². The lowest BCUT2D eigenvalue weighted by Crippen LogP contribution is -2.61. The first kappa shape index (κ1) is 55.4. The van der Waals surface area contributed by atoms with Gasteiger partial charge in [-0.25, -0.2) is 0 Å². The fourth-order valence-electron chi connectivity index (χ4n) is 16.4. The fourth-order valence-corrected chi connectivity index (χ4v) is 16.4. The van der Waals surface area contributed by atoms with Crippen molar-refractivity contribution in [3.05, 3.63) is 364 Å². The highest BCUT2D eigenvalue weighted by Gasteiger charge is 2.45. The standard InChI is InChI=1S/C90H60BN7/c1-9-31-61(32-10-1)92(62-33-11-2-12-34-62)70-53-55-75-81(58-70)95(66-41-19-6-20-42-66)83-60-71(93(63-35-13-3-14-36-63)64-37-15-4-16-38-64)59-82-87(83)91(75)76-57-69(54-56-80(76)94(82)65-39-17-5-18-40-65)98-79-52-30-27-49-74(79)86-89-84(72-47-25-28-50-77(72)96(89)67-43-21-7-22-44-67)88-85(90(86)98)73-48-26-29-51-78(73)97(88)68-45-23-8-24-46-68/h1-60H. The molecule has 458 valence electrons. The van der Waals surface area contributed by atoms with E-state index in [1.165, 1.54) is 59.7 Å². The fraction of sp³-hybridized carbons (Fsp3) is 0. The van der Waals surface area contributed by atoms with Gasteiger partial charge >= 0.3 is 0 Å². The molecule has 2 aliphatic rings. The molecule has 98 heavy (non-hydrogen) atoms. The van der Waals surface area contributed by atoms with Crippen molar-refractivity contribution in [3.63, 3.8) is 0 Å². The summed E-state index contributed by atoms with van der Waals surface area (Å²) in [5.74, 6) is 0. The molecule has 7 nitrogen and oxygen atoms in total. The zero-order chi connectivity index (χ0) is 64.4. The van der Waals surface area contributed by atoms with Gasteiger partial charge in [0.1, 0.15) is 0 Å². The van der Waals surface area contributed by atoms with E-state index in [1.54, 1.807) is 0 Å². The Morgan fingerprint density at radius 3 is 0.949 bits per heavy atom. The number of aromatic nitrogens is 3. The highest BCUT2D eigenvalue weighted by atomic mass is 15.2. The lowest BCUT2D eigenvalue weighted by atomic mass is 9.33. The largest absolute Gasteiger partial charge is 0.311 e. The van der Waals surface area contributed by atoms with Gasteiger partial charge in [0, 0.05) is 112 Å². The first-order valence-electron chi connectivity index (χ1n) is 33.7. The van der Waals surface area contributed by atoms with Gasteiger partial charge in [0.05, 0.1) is 38.8 Å². The maximum absolute atomic E-state index is 2.62. The van der Waals surface area contributed by atoms with Crippen LogP contribution in [0.3, 0.4) is 0 Å². The molecule has 0 atom stereocenters. The Hall–Kier alpha value is -13.0. The average Bonchev–Trinajstić information content (AvgIpc) is 1.44. The van der Waals surface area contributed by atoms with Gasteiger partial charge in [-0.05, 0) is 174 Å². The molecular formula is C90H60BN7. The van der Waals surface area contributed by atoms with Crippen LogP contribution in [0.4, 0.5) is 68.2 Å². The highest BCUT2D eigenvalue weighted by Crippen LogP contribution is 2.53. The minimum Gasteiger partial charge on any atom is -0.311 e. The molecule has 0 unspecified atom stereocenters. The number of benzene rings is 15. The summed E-state index contributed by atoms with van der Waals surface area (Å²) >= 11 is 0. The number of rotatable bonds is 11. The molecule has 0 N–H and O–H groups in total. The van der Waals surface area contributed by atoms with Crippen LogP contribution in [-0.4, -0.2) is 20.4 Å². The Morgan fingerprint density at radius 2 is 0.541 bits per heavy atom. The van der Waals surface area contributed by atoms with Crippen LogP contribution in [0.1, 0.15) is 0 Å². The van der Waals surface area contributed by atoms with E-state index in [2.05, 4.69) is 397 Å². The van der Waals surface area contributed by atoms with E-state index < -0.39 is 0 Å². The van der Waals surface area contributed by atoms with Crippen molar-refractivity contribution in [1.82, 2.24) is 13.7 Å². The van der Waals surface area contributed by atoms with E-state index in [0.717, 1.165) is 107 Å². The van der Waals surface area contributed by atoms with E-state index in [0.29, 0.717) is 0 Å². The third-order valence-corrected chi connectivity index (χ3v) is 20.2. The molecule has 0 saturated carbocycles. The van der Waals surface area contributed by atoms with Crippen LogP contribution in [-0.2, 0) is 0 Å². The van der Waals surface area contributed by atoms with Gasteiger partial charge in [0.2, 0.25) is 0 Å². The molecule has 5 heterocycles. The lowest BCUT2D eigenvalue weighted by molar-refractivity contribution is 1.17. The molecule has 18 aromatic rings. The third kappa shape index (κ3) is 8.38. The van der Waals surface area contributed by atoms with Crippen LogP contribution < -0.4 is 36.0 Å². The van der Waals surface area contributed by atoms with Crippen molar-refractivity contribution >= 4 is 157 Å². The van der Waals surface area contributed by atoms with Crippen LogP contribution in [0, 0.1) is 0 Å². The number of nitrogens with zero attached hydrogens (tertiary/aromatic N) is 7. The van der Waals surface area contributed by atoms with Crippen molar-refractivity contribution in [3.8, 4) is 17.1 Å². The van der Waals surface area contributed by atoms with Crippen molar-refractivity contribution in [2.75, 3.05) is 19.6 Å². The van der Waals surface area contributed by atoms with Crippen LogP contribution in [0.2, 0.25) is 0 Å². The molecule has 0 spiro atoms. The SMILES string of the molecule is c1ccc(N(c2ccccc2)c2ccc3c(c2)N(c2ccccc2)c2cc(N(c4ccccc4)c4ccccc4)cc4c2B3c2cc(-n3c5ccccc5c5c6c(c7ccccc7n6-c6ccccc6)c6c(c7ccccc7n6-c6ccccc6)c53)ccc2N4c2ccccc2)cc1. The van der Waals surface area contributed by atoms with Crippen LogP contribution in [0.25, 0.3) is 82.5 Å². The predicted octanol–water partition coefficient (Wildman–Crippen LogP) is 22.0. The topological polar surface area (TPSA) is 27.8 Å². The first-order valence-corrected chi connectivity index (χ1v) is 33.7. The summed E-state index contributed by atoms with van der Waals surface area (Å²) in [6.07, 6.45) is 0. The maximum Gasteiger partial charge on any atom is 0.252 e. The summed E-state index contributed by atoms with van der Waals surface area (Å²) < 4.78 is 7.69. The lowest BCUT2D eigenvalue weighted by Gasteiger charge is -2.45. The number of fused-ring (bicyclic) bond motifs is 16. The molecule has 0 aliphatic carbocycles. The van der Waals surface area contributed by atoms with Crippen LogP contribution in [0.5, 0.6) is 0 Å². The third-order valence-electron chi connectivity index (χ3n) is 20.2.